The normalized spacial score (nSPS) is 14.6. The Labute approximate surface area is 174 Å². The van der Waals surface area contributed by atoms with Crippen LogP contribution in [0.15, 0.2) is 42.5 Å². The van der Waals surface area contributed by atoms with Gasteiger partial charge in [-0.1, -0.05) is 29.5 Å². The summed E-state index contributed by atoms with van der Waals surface area (Å²) in [6.45, 7) is 2.92. The standard InChI is InChI=1S/C20H18F3N5OS/c21-12-10-14(22)16(15(23)11-12)17(29)18-19(24)26-20(30-18)28(13-4-2-1-3-5-13)27-8-6-25-7-9-27/h1-5,10-11,25H,6-9,24H2. The van der Waals surface area contributed by atoms with E-state index in [1.807, 2.05) is 35.3 Å². The van der Waals surface area contributed by atoms with Gasteiger partial charge in [0.25, 0.3) is 0 Å². The van der Waals surface area contributed by atoms with Crippen LogP contribution in [0.3, 0.4) is 0 Å². The molecule has 10 heteroatoms. The highest BCUT2D eigenvalue weighted by Crippen LogP contribution is 2.36. The Morgan fingerprint density at radius 3 is 2.37 bits per heavy atom. The fourth-order valence-corrected chi connectivity index (χ4v) is 4.24. The number of benzene rings is 2. The van der Waals surface area contributed by atoms with Gasteiger partial charge in [-0.3, -0.25) is 4.79 Å². The monoisotopic (exact) mass is 433 g/mol. The lowest BCUT2D eigenvalue weighted by molar-refractivity contribution is 0.103. The molecule has 3 aromatic rings. The van der Waals surface area contributed by atoms with Gasteiger partial charge in [-0.2, -0.15) is 0 Å². The van der Waals surface area contributed by atoms with Crippen molar-refractivity contribution in [1.29, 1.82) is 0 Å². The second-order valence-corrected chi connectivity index (χ2v) is 7.61. The first-order valence-electron chi connectivity index (χ1n) is 9.22. The van der Waals surface area contributed by atoms with Crippen molar-refractivity contribution < 1.29 is 18.0 Å². The summed E-state index contributed by atoms with van der Waals surface area (Å²) in [5.74, 6) is -4.78. The summed E-state index contributed by atoms with van der Waals surface area (Å²) in [6, 6.07) is 10.3. The SMILES string of the molecule is Nc1nc(N(c2ccccc2)N2CCNCC2)sc1C(=O)c1c(F)cc(F)cc1F. The summed E-state index contributed by atoms with van der Waals surface area (Å²) in [6.07, 6.45) is 0. The number of carbonyl (C=O) groups is 1. The molecule has 0 bridgehead atoms. The molecule has 1 fully saturated rings. The number of halogens is 3. The van der Waals surface area contributed by atoms with Crippen LogP contribution in [0.25, 0.3) is 0 Å². The molecular formula is C20H18F3N5OS. The lowest BCUT2D eigenvalue weighted by atomic mass is 10.1. The summed E-state index contributed by atoms with van der Waals surface area (Å²) in [5, 5.41) is 7.56. The van der Waals surface area contributed by atoms with Crippen molar-refractivity contribution >= 4 is 33.8 Å². The van der Waals surface area contributed by atoms with E-state index in [4.69, 9.17) is 5.73 Å². The minimum atomic E-state index is -1.28. The Morgan fingerprint density at radius 1 is 1.10 bits per heavy atom. The van der Waals surface area contributed by atoms with E-state index in [9.17, 15) is 18.0 Å². The zero-order valence-corrected chi connectivity index (χ0v) is 16.6. The largest absolute Gasteiger partial charge is 0.382 e. The van der Waals surface area contributed by atoms with E-state index in [0.717, 1.165) is 30.1 Å². The molecule has 2 heterocycles. The molecule has 0 aliphatic carbocycles. The topological polar surface area (TPSA) is 74.5 Å². The molecule has 0 amide bonds. The second-order valence-electron chi connectivity index (χ2n) is 6.64. The van der Waals surface area contributed by atoms with Gasteiger partial charge in [-0.15, -0.1) is 0 Å². The van der Waals surface area contributed by atoms with Crippen molar-refractivity contribution in [3.8, 4) is 0 Å². The number of nitrogens with one attached hydrogen (secondary N) is 1. The molecule has 2 aromatic carbocycles. The van der Waals surface area contributed by atoms with E-state index in [-0.39, 0.29) is 10.7 Å². The fraction of sp³-hybridized carbons (Fsp3) is 0.200. The van der Waals surface area contributed by atoms with E-state index in [1.165, 1.54) is 0 Å². The molecule has 4 rings (SSSR count). The molecule has 0 saturated carbocycles. The molecule has 30 heavy (non-hydrogen) atoms. The van der Waals surface area contributed by atoms with Crippen LogP contribution in [0.4, 0.5) is 29.8 Å². The average molecular weight is 433 g/mol. The molecule has 3 N–H and O–H groups in total. The Kier molecular flexibility index (Phi) is 5.71. The van der Waals surface area contributed by atoms with Crippen LogP contribution in [0.2, 0.25) is 0 Å². The fourth-order valence-electron chi connectivity index (χ4n) is 3.26. The van der Waals surface area contributed by atoms with Crippen molar-refractivity contribution in [3.05, 3.63) is 70.4 Å². The van der Waals surface area contributed by atoms with E-state index < -0.39 is 28.8 Å². The van der Waals surface area contributed by atoms with Crippen LogP contribution < -0.4 is 16.1 Å². The highest BCUT2D eigenvalue weighted by atomic mass is 32.1. The molecule has 1 aliphatic rings. The highest BCUT2D eigenvalue weighted by molar-refractivity contribution is 7.18. The number of nitrogens with zero attached hydrogens (tertiary/aromatic N) is 3. The zero-order valence-electron chi connectivity index (χ0n) is 15.7. The van der Waals surface area contributed by atoms with Gasteiger partial charge in [-0.25, -0.2) is 28.2 Å². The number of para-hydroxylation sites is 1. The third kappa shape index (κ3) is 3.89. The smallest absolute Gasteiger partial charge is 0.212 e. The van der Waals surface area contributed by atoms with Crippen LogP contribution in [0.5, 0.6) is 0 Å². The summed E-state index contributed by atoms with van der Waals surface area (Å²) < 4.78 is 41.4. The predicted octanol–water partition coefficient (Wildman–Crippen LogP) is 3.33. The molecule has 1 aliphatic heterocycles. The third-order valence-electron chi connectivity index (χ3n) is 4.64. The van der Waals surface area contributed by atoms with E-state index >= 15 is 0 Å². The molecule has 1 aromatic heterocycles. The van der Waals surface area contributed by atoms with Crippen LogP contribution in [0, 0.1) is 17.5 Å². The van der Waals surface area contributed by atoms with Gasteiger partial charge < -0.3 is 11.1 Å². The average Bonchev–Trinajstić information content (AvgIpc) is 3.10. The lowest BCUT2D eigenvalue weighted by Crippen LogP contribution is -2.50. The molecule has 0 radical (unpaired) electrons. The number of ketones is 1. The number of carbonyl (C=O) groups excluding carboxylic acids is 1. The number of hydrogen-bond acceptors (Lipinski definition) is 7. The number of piperazine rings is 1. The molecular weight excluding hydrogens is 415 g/mol. The maximum atomic E-state index is 14.1. The molecule has 1 saturated heterocycles. The number of aromatic nitrogens is 1. The molecule has 0 atom stereocenters. The van der Waals surface area contributed by atoms with Gasteiger partial charge in [0.15, 0.2) is 0 Å². The number of nitrogen functional groups attached to an aromatic ring is 1. The number of rotatable bonds is 5. The predicted molar refractivity (Wildman–Crippen MR) is 109 cm³/mol. The van der Waals surface area contributed by atoms with E-state index in [2.05, 4.69) is 15.3 Å². The Morgan fingerprint density at radius 2 is 1.73 bits per heavy atom. The molecule has 0 unspecified atom stereocenters. The summed E-state index contributed by atoms with van der Waals surface area (Å²) in [4.78, 5) is 17.0. The first-order chi connectivity index (χ1) is 14.5. The Hall–Kier alpha value is -2.95. The molecule has 0 spiro atoms. The van der Waals surface area contributed by atoms with Crippen LogP contribution in [-0.4, -0.2) is 42.0 Å². The van der Waals surface area contributed by atoms with Crippen molar-refractivity contribution in [2.45, 2.75) is 0 Å². The van der Waals surface area contributed by atoms with Crippen LogP contribution >= 0.6 is 11.3 Å². The minimum absolute atomic E-state index is 0.106. The lowest BCUT2D eigenvalue weighted by Gasteiger charge is -2.37. The van der Waals surface area contributed by atoms with Crippen LogP contribution in [0.1, 0.15) is 15.2 Å². The zero-order chi connectivity index (χ0) is 21.3. The number of hydrazine groups is 1. The number of thiazole rings is 1. The molecule has 6 nitrogen and oxygen atoms in total. The van der Waals surface area contributed by atoms with Gasteiger partial charge in [0.05, 0.1) is 11.3 Å². The summed E-state index contributed by atoms with van der Waals surface area (Å²) >= 11 is 0.932. The van der Waals surface area contributed by atoms with Gasteiger partial charge in [0.2, 0.25) is 10.9 Å². The maximum absolute atomic E-state index is 14.1. The summed E-state index contributed by atoms with van der Waals surface area (Å²) in [7, 11) is 0. The van der Waals surface area contributed by atoms with E-state index in [1.54, 1.807) is 0 Å². The minimum Gasteiger partial charge on any atom is -0.382 e. The van der Waals surface area contributed by atoms with Crippen LogP contribution in [-0.2, 0) is 0 Å². The van der Waals surface area contributed by atoms with Gasteiger partial charge in [0.1, 0.15) is 28.1 Å². The quantitative estimate of drug-likeness (QED) is 0.602. The highest BCUT2D eigenvalue weighted by Gasteiger charge is 2.29. The number of anilines is 3. The first-order valence-corrected chi connectivity index (χ1v) is 10.0. The summed E-state index contributed by atoms with van der Waals surface area (Å²) in [5.41, 5.74) is 5.91. The maximum Gasteiger partial charge on any atom is 0.212 e. The van der Waals surface area contributed by atoms with Crippen molar-refractivity contribution in [2.24, 2.45) is 0 Å². The van der Waals surface area contributed by atoms with Gasteiger partial charge >= 0.3 is 0 Å². The Balaban J connectivity index is 1.75. The van der Waals surface area contributed by atoms with Crippen molar-refractivity contribution in [3.63, 3.8) is 0 Å². The second kappa shape index (κ2) is 8.42. The van der Waals surface area contributed by atoms with Crippen molar-refractivity contribution in [2.75, 3.05) is 36.9 Å². The van der Waals surface area contributed by atoms with Gasteiger partial charge in [0, 0.05) is 38.3 Å². The Bertz CT molecular complexity index is 1050. The third-order valence-corrected chi connectivity index (χ3v) is 5.69. The van der Waals surface area contributed by atoms with E-state index in [0.29, 0.717) is 30.4 Å². The molecule has 156 valence electrons. The van der Waals surface area contributed by atoms with Crippen molar-refractivity contribution in [1.82, 2.24) is 15.3 Å². The first kappa shape index (κ1) is 20.3. The van der Waals surface area contributed by atoms with Gasteiger partial charge in [-0.05, 0) is 12.1 Å². The number of hydrogen-bond donors (Lipinski definition) is 2. The number of nitrogens with two attached hydrogens (primary N) is 1.